The zero-order valence-electron chi connectivity index (χ0n) is 20.7. The second-order valence-corrected chi connectivity index (χ2v) is 10.7. The van der Waals surface area contributed by atoms with Crippen LogP contribution in [0.15, 0.2) is 41.3 Å². The third-order valence-corrected chi connectivity index (χ3v) is 7.20. The average Bonchev–Trinajstić information content (AvgIpc) is 2.77. The number of aryl methyl sites for hydroxylation is 1. The highest BCUT2D eigenvalue weighted by molar-refractivity contribution is 7.90. The van der Waals surface area contributed by atoms with Gasteiger partial charge >= 0.3 is 0 Å². The summed E-state index contributed by atoms with van der Waals surface area (Å²) in [6.07, 6.45) is 19.6. The predicted octanol–water partition coefficient (Wildman–Crippen LogP) is 6.59. The number of carbonyl (C=O) groups is 1. The minimum Gasteiger partial charge on any atom is -0.389 e. The normalized spacial score (nSPS) is 12.8. The lowest BCUT2D eigenvalue weighted by Crippen LogP contribution is -2.30. The molecule has 2 N–H and O–H groups in total. The van der Waals surface area contributed by atoms with Gasteiger partial charge in [0, 0.05) is 6.42 Å². The Morgan fingerprint density at radius 1 is 0.909 bits per heavy atom. The summed E-state index contributed by atoms with van der Waals surface area (Å²) in [6.45, 7) is 4.03. The SMILES string of the molecule is CCCC[C@@H](O)/C=C\CCCCCCCCCCCCC(=O)NS(=O)(=O)c1ccc(C)cc1. The molecule has 0 saturated carbocycles. The van der Waals surface area contributed by atoms with Gasteiger partial charge in [0.05, 0.1) is 11.0 Å². The number of unbranched alkanes of at least 4 members (excludes halogenated alkanes) is 11. The fraction of sp³-hybridized carbons (Fsp3) is 0.667. The molecule has 0 aromatic heterocycles. The third kappa shape index (κ3) is 15.0. The lowest BCUT2D eigenvalue weighted by Gasteiger charge is -2.07. The van der Waals surface area contributed by atoms with Crippen molar-refractivity contribution in [3.05, 3.63) is 42.0 Å². The Bertz CT molecular complexity index is 772. The Morgan fingerprint density at radius 3 is 2.03 bits per heavy atom. The summed E-state index contributed by atoms with van der Waals surface area (Å²) in [5.41, 5.74) is 0.975. The van der Waals surface area contributed by atoms with Crippen molar-refractivity contribution in [3.8, 4) is 0 Å². The molecule has 188 valence electrons. The van der Waals surface area contributed by atoms with E-state index in [1.54, 1.807) is 12.1 Å². The maximum atomic E-state index is 12.2. The topological polar surface area (TPSA) is 83.5 Å². The Kier molecular flexibility index (Phi) is 15.8. The first-order valence-electron chi connectivity index (χ1n) is 12.8. The first-order valence-corrected chi connectivity index (χ1v) is 14.3. The summed E-state index contributed by atoms with van der Waals surface area (Å²) in [5, 5.41) is 9.75. The molecule has 1 amide bonds. The summed E-state index contributed by atoms with van der Waals surface area (Å²) in [4.78, 5) is 12.1. The Balaban J connectivity index is 1.95. The summed E-state index contributed by atoms with van der Waals surface area (Å²) >= 11 is 0. The lowest BCUT2D eigenvalue weighted by molar-refractivity contribution is -0.119. The highest BCUT2D eigenvalue weighted by Crippen LogP contribution is 2.13. The number of hydrogen-bond acceptors (Lipinski definition) is 4. The van der Waals surface area contributed by atoms with Gasteiger partial charge in [0.15, 0.2) is 0 Å². The van der Waals surface area contributed by atoms with E-state index in [0.29, 0.717) is 0 Å². The third-order valence-electron chi connectivity index (χ3n) is 5.82. The fourth-order valence-electron chi connectivity index (χ4n) is 3.70. The van der Waals surface area contributed by atoms with Crippen LogP contribution in [-0.4, -0.2) is 25.5 Å². The highest BCUT2D eigenvalue weighted by Gasteiger charge is 2.16. The van der Waals surface area contributed by atoms with E-state index in [0.717, 1.165) is 50.5 Å². The number of benzene rings is 1. The van der Waals surface area contributed by atoms with Crippen molar-refractivity contribution in [2.75, 3.05) is 0 Å². The first-order chi connectivity index (χ1) is 15.8. The summed E-state index contributed by atoms with van der Waals surface area (Å²) in [6, 6.07) is 6.48. The average molecular weight is 480 g/mol. The van der Waals surface area contributed by atoms with E-state index >= 15 is 0 Å². The summed E-state index contributed by atoms with van der Waals surface area (Å²) < 4.78 is 26.6. The van der Waals surface area contributed by atoms with E-state index in [1.165, 1.54) is 57.1 Å². The molecule has 0 aliphatic heterocycles. The number of hydrogen-bond donors (Lipinski definition) is 2. The van der Waals surface area contributed by atoms with Crippen LogP contribution < -0.4 is 4.72 Å². The van der Waals surface area contributed by atoms with Crippen LogP contribution in [-0.2, 0) is 14.8 Å². The van der Waals surface area contributed by atoms with Gasteiger partial charge < -0.3 is 5.11 Å². The number of amides is 1. The van der Waals surface area contributed by atoms with Gasteiger partial charge in [-0.05, 0) is 44.7 Å². The molecular formula is C27H45NO4S. The van der Waals surface area contributed by atoms with Gasteiger partial charge in [-0.2, -0.15) is 0 Å². The van der Waals surface area contributed by atoms with Crippen molar-refractivity contribution in [2.24, 2.45) is 0 Å². The molecule has 1 rings (SSSR count). The van der Waals surface area contributed by atoms with Gasteiger partial charge in [0.25, 0.3) is 10.0 Å². The zero-order chi connectivity index (χ0) is 24.4. The van der Waals surface area contributed by atoms with Crippen molar-refractivity contribution in [1.82, 2.24) is 4.72 Å². The lowest BCUT2D eigenvalue weighted by atomic mass is 10.0. The first kappa shape index (κ1) is 29.4. The number of sulfonamides is 1. The van der Waals surface area contributed by atoms with Gasteiger partial charge in [-0.1, -0.05) is 101 Å². The van der Waals surface area contributed by atoms with Crippen molar-refractivity contribution >= 4 is 15.9 Å². The fourth-order valence-corrected chi connectivity index (χ4v) is 4.72. The number of allylic oxidation sites excluding steroid dienone is 1. The standard InChI is InChI=1S/C27H45NO4S/c1-3-4-17-25(29)18-15-13-11-9-7-5-6-8-10-12-14-16-19-27(30)28-33(31,32)26-22-20-24(2)21-23-26/h15,18,20-23,25,29H,3-14,16-17,19H2,1-2H3,(H,28,30)/b18-15-/t25-/m1/s1. The van der Waals surface area contributed by atoms with Gasteiger partial charge in [-0.15, -0.1) is 0 Å². The predicted molar refractivity (Wildman–Crippen MR) is 137 cm³/mol. The Hall–Kier alpha value is -1.66. The molecule has 0 aliphatic rings. The largest absolute Gasteiger partial charge is 0.389 e. The summed E-state index contributed by atoms with van der Waals surface area (Å²) in [5.74, 6) is -0.430. The van der Waals surface area contributed by atoms with Crippen LogP contribution >= 0.6 is 0 Å². The van der Waals surface area contributed by atoms with Gasteiger partial charge in [-0.25, -0.2) is 13.1 Å². The maximum absolute atomic E-state index is 12.2. The second kappa shape index (κ2) is 17.8. The second-order valence-electron chi connectivity index (χ2n) is 9.05. The Morgan fingerprint density at radius 2 is 1.45 bits per heavy atom. The zero-order valence-corrected chi connectivity index (χ0v) is 21.5. The van der Waals surface area contributed by atoms with Crippen molar-refractivity contribution < 1.29 is 18.3 Å². The van der Waals surface area contributed by atoms with Crippen molar-refractivity contribution in [1.29, 1.82) is 0 Å². The van der Waals surface area contributed by atoms with Crippen LogP contribution in [0.1, 0.15) is 109 Å². The van der Waals surface area contributed by atoms with Crippen LogP contribution in [0.3, 0.4) is 0 Å². The molecule has 0 fully saturated rings. The molecule has 6 heteroatoms. The molecule has 0 aliphatic carbocycles. The monoisotopic (exact) mass is 479 g/mol. The molecule has 0 unspecified atom stereocenters. The molecule has 1 aromatic rings. The number of carbonyl (C=O) groups excluding carboxylic acids is 1. The van der Waals surface area contributed by atoms with Crippen LogP contribution in [0.2, 0.25) is 0 Å². The number of aliphatic hydroxyl groups excluding tert-OH is 1. The van der Waals surface area contributed by atoms with E-state index in [-0.39, 0.29) is 17.4 Å². The van der Waals surface area contributed by atoms with Gasteiger partial charge in [0.1, 0.15) is 0 Å². The van der Waals surface area contributed by atoms with Crippen LogP contribution in [0.4, 0.5) is 0 Å². The van der Waals surface area contributed by atoms with Gasteiger partial charge in [-0.3, -0.25) is 4.79 Å². The number of aliphatic hydroxyl groups is 1. The summed E-state index contributed by atoms with van der Waals surface area (Å²) in [7, 11) is -3.77. The van der Waals surface area contributed by atoms with E-state index in [2.05, 4.69) is 17.7 Å². The van der Waals surface area contributed by atoms with Crippen LogP contribution in [0.25, 0.3) is 0 Å². The smallest absolute Gasteiger partial charge is 0.264 e. The molecule has 0 bridgehead atoms. The van der Waals surface area contributed by atoms with Crippen LogP contribution in [0, 0.1) is 6.92 Å². The minimum atomic E-state index is -3.77. The molecule has 0 spiro atoms. The van der Waals surface area contributed by atoms with Gasteiger partial charge in [0.2, 0.25) is 5.91 Å². The van der Waals surface area contributed by atoms with Crippen LogP contribution in [0.5, 0.6) is 0 Å². The van der Waals surface area contributed by atoms with Crippen molar-refractivity contribution in [3.63, 3.8) is 0 Å². The quantitative estimate of drug-likeness (QED) is 0.173. The van der Waals surface area contributed by atoms with E-state index in [9.17, 15) is 18.3 Å². The molecular weight excluding hydrogens is 434 g/mol. The molecule has 1 atom stereocenters. The minimum absolute atomic E-state index is 0.124. The van der Waals surface area contributed by atoms with E-state index in [4.69, 9.17) is 0 Å². The molecule has 33 heavy (non-hydrogen) atoms. The molecule has 1 aromatic carbocycles. The Labute approximate surface area is 202 Å². The molecule has 5 nitrogen and oxygen atoms in total. The molecule has 0 radical (unpaired) electrons. The highest BCUT2D eigenvalue weighted by atomic mass is 32.2. The van der Waals surface area contributed by atoms with E-state index < -0.39 is 15.9 Å². The number of rotatable bonds is 19. The van der Waals surface area contributed by atoms with Crippen molar-refractivity contribution in [2.45, 2.75) is 121 Å². The molecule has 0 saturated heterocycles. The maximum Gasteiger partial charge on any atom is 0.264 e. The number of nitrogens with one attached hydrogen (secondary N) is 1. The van der Waals surface area contributed by atoms with E-state index in [1.807, 2.05) is 13.0 Å². The molecule has 0 heterocycles.